The molecular weight excluding hydrogens is 295 g/mol. The SMILES string of the molecule is FCC(Br)(Br)CBr. The van der Waals surface area contributed by atoms with Crippen LogP contribution in [0.4, 0.5) is 4.39 Å². The zero-order valence-electron chi connectivity index (χ0n) is 3.43. The number of hydrogen-bond donors (Lipinski definition) is 0. The molecule has 0 aromatic rings. The molecule has 0 aliphatic heterocycles. The van der Waals surface area contributed by atoms with Gasteiger partial charge in [0.15, 0.2) is 0 Å². The lowest BCUT2D eigenvalue weighted by molar-refractivity contribution is 0.489. The smallest absolute Gasteiger partial charge is 0.118 e. The summed E-state index contributed by atoms with van der Waals surface area (Å²) < 4.78 is 11.1. The van der Waals surface area contributed by atoms with Crippen LogP contribution in [0.15, 0.2) is 0 Å². The standard InChI is InChI=1S/C3H4Br3F/c4-1-3(5,6)2-7/h1-2H2. The van der Waals surface area contributed by atoms with Crippen molar-refractivity contribution in [3.8, 4) is 0 Å². The molecule has 0 radical (unpaired) electrons. The van der Waals surface area contributed by atoms with E-state index >= 15 is 0 Å². The van der Waals surface area contributed by atoms with Gasteiger partial charge in [0.25, 0.3) is 0 Å². The molecule has 0 amide bonds. The summed E-state index contributed by atoms with van der Waals surface area (Å²) in [7, 11) is 0. The molecule has 0 saturated carbocycles. The molecule has 44 valence electrons. The highest BCUT2D eigenvalue weighted by atomic mass is 79.9. The van der Waals surface area contributed by atoms with E-state index in [-0.39, 0.29) is 0 Å². The lowest BCUT2D eigenvalue weighted by Gasteiger charge is -2.09. The third-order valence-corrected chi connectivity index (χ3v) is 3.84. The molecule has 0 aliphatic rings. The van der Waals surface area contributed by atoms with Gasteiger partial charge in [-0.25, -0.2) is 4.39 Å². The summed E-state index contributed by atoms with van der Waals surface area (Å²) in [6.07, 6.45) is 0. The summed E-state index contributed by atoms with van der Waals surface area (Å²) in [5.41, 5.74) is 0. The van der Waals surface area contributed by atoms with Crippen LogP contribution in [-0.2, 0) is 0 Å². The van der Waals surface area contributed by atoms with E-state index in [4.69, 9.17) is 0 Å². The molecule has 0 aromatic carbocycles. The second-order valence-electron chi connectivity index (χ2n) is 1.12. The van der Waals surface area contributed by atoms with Crippen LogP contribution in [-0.4, -0.2) is 15.2 Å². The van der Waals surface area contributed by atoms with Crippen LogP contribution in [0.1, 0.15) is 0 Å². The van der Waals surface area contributed by atoms with E-state index in [1.807, 2.05) is 0 Å². The van der Waals surface area contributed by atoms with Gasteiger partial charge >= 0.3 is 0 Å². The number of alkyl halides is 4. The average molecular weight is 299 g/mol. The van der Waals surface area contributed by atoms with Gasteiger partial charge < -0.3 is 0 Å². The largest absolute Gasteiger partial charge is 0.249 e. The second kappa shape index (κ2) is 3.41. The molecule has 0 spiro atoms. The predicted molar refractivity (Wildman–Crippen MR) is 40.4 cm³/mol. The van der Waals surface area contributed by atoms with Gasteiger partial charge in [0.2, 0.25) is 0 Å². The summed E-state index contributed by atoms with van der Waals surface area (Å²) in [4.78, 5) is 0. The lowest BCUT2D eigenvalue weighted by atomic mass is 10.5. The molecule has 0 heterocycles. The molecule has 0 fully saturated rings. The summed E-state index contributed by atoms with van der Waals surface area (Å²) in [5.74, 6) is 0. The monoisotopic (exact) mass is 296 g/mol. The van der Waals surface area contributed by atoms with E-state index in [0.29, 0.717) is 5.33 Å². The van der Waals surface area contributed by atoms with Crippen molar-refractivity contribution in [1.82, 2.24) is 0 Å². The number of halogens is 4. The quantitative estimate of drug-likeness (QED) is 0.688. The fraction of sp³-hybridized carbons (Fsp3) is 1.00. The fourth-order valence-corrected chi connectivity index (χ4v) is 0.186. The number of hydrogen-bond acceptors (Lipinski definition) is 0. The molecule has 7 heavy (non-hydrogen) atoms. The zero-order chi connectivity index (χ0) is 5.91. The minimum atomic E-state index is -0.542. The van der Waals surface area contributed by atoms with Crippen molar-refractivity contribution in [2.24, 2.45) is 0 Å². The second-order valence-corrected chi connectivity index (χ2v) is 5.78. The van der Waals surface area contributed by atoms with Crippen molar-refractivity contribution >= 4 is 47.8 Å². The summed E-state index contributed by atoms with van der Waals surface area (Å²) in [5, 5.41) is 0.566. The maximum absolute atomic E-state index is 11.6. The molecule has 4 heteroatoms. The first-order valence-electron chi connectivity index (χ1n) is 1.62. The van der Waals surface area contributed by atoms with Crippen LogP contribution < -0.4 is 0 Å². The van der Waals surface area contributed by atoms with Crippen molar-refractivity contribution in [2.45, 2.75) is 3.23 Å². The van der Waals surface area contributed by atoms with Gasteiger partial charge in [-0.2, -0.15) is 0 Å². The fourth-order valence-electron chi connectivity index (χ4n) is 0.0357. The van der Waals surface area contributed by atoms with Gasteiger partial charge in [-0.05, 0) is 0 Å². The first kappa shape index (κ1) is 8.37. The van der Waals surface area contributed by atoms with E-state index in [9.17, 15) is 4.39 Å². The molecule has 0 nitrogen and oxygen atoms in total. The van der Waals surface area contributed by atoms with Gasteiger partial charge in [0.05, 0.1) is 0 Å². The van der Waals surface area contributed by atoms with E-state index in [1.54, 1.807) is 0 Å². The van der Waals surface area contributed by atoms with Crippen molar-refractivity contribution in [2.75, 3.05) is 12.0 Å². The zero-order valence-corrected chi connectivity index (χ0v) is 8.18. The Morgan fingerprint density at radius 3 is 1.86 bits per heavy atom. The van der Waals surface area contributed by atoms with E-state index < -0.39 is 9.91 Å². The molecule has 0 saturated heterocycles. The Hall–Kier alpha value is 1.37. The van der Waals surface area contributed by atoms with Gasteiger partial charge in [-0.1, -0.05) is 47.8 Å². The number of rotatable bonds is 2. The van der Waals surface area contributed by atoms with Crippen LogP contribution in [0.2, 0.25) is 0 Å². The molecule has 0 aromatic heterocycles. The van der Waals surface area contributed by atoms with E-state index in [2.05, 4.69) is 47.8 Å². The van der Waals surface area contributed by atoms with Crippen molar-refractivity contribution in [3.63, 3.8) is 0 Å². The van der Waals surface area contributed by atoms with Gasteiger partial charge in [0.1, 0.15) is 9.91 Å². The lowest BCUT2D eigenvalue weighted by Crippen LogP contribution is -2.14. The van der Waals surface area contributed by atoms with Crippen molar-refractivity contribution in [1.29, 1.82) is 0 Å². The van der Waals surface area contributed by atoms with E-state index in [0.717, 1.165) is 0 Å². The Labute approximate surface area is 67.2 Å². The molecule has 0 bridgehead atoms. The molecule has 0 aliphatic carbocycles. The topological polar surface area (TPSA) is 0 Å². The summed E-state index contributed by atoms with van der Waals surface area (Å²) >= 11 is 9.25. The normalized spacial score (nSPS) is 12.0. The Morgan fingerprint density at radius 1 is 1.43 bits per heavy atom. The summed E-state index contributed by atoms with van der Waals surface area (Å²) in [6, 6.07) is 0. The molecule has 0 unspecified atom stereocenters. The predicted octanol–water partition coefficient (Wildman–Crippen LogP) is 2.84. The Bertz CT molecular complexity index is 48.1. The Balaban J connectivity index is 3.36. The van der Waals surface area contributed by atoms with Crippen LogP contribution in [0, 0.1) is 0 Å². The Kier molecular flexibility index (Phi) is 4.07. The highest BCUT2D eigenvalue weighted by Gasteiger charge is 2.19. The average Bonchev–Trinajstić information content (AvgIpc) is 1.68. The third-order valence-electron chi connectivity index (χ3n) is 0.391. The van der Waals surface area contributed by atoms with Crippen LogP contribution in [0.5, 0.6) is 0 Å². The third kappa shape index (κ3) is 3.91. The highest BCUT2D eigenvalue weighted by molar-refractivity contribution is 9.26. The van der Waals surface area contributed by atoms with Gasteiger partial charge in [-0.3, -0.25) is 0 Å². The van der Waals surface area contributed by atoms with Gasteiger partial charge in [-0.15, -0.1) is 0 Å². The summed E-state index contributed by atoms with van der Waals surface area (Å²) in [6.45, 7) is -0.418. The highest BCUT2D eigenvalue weighted by Crippen LogP contribution is 2.28. The van der Waals surface area contributed by atoms with Crippen molar-refractivity contribution < 1.29 is 4.39 Å². The first-order chi connectivity index (χ1) is 3.12. The van der Waals surface area contributed by atoms with Crippen LogP contribution >= 0.6 is 47.8 Å². The Morgan fingerprint density at radius 2 is 1.86 bits per heavy atom. The van der Waals surface area contributed by atoms with Crippen LogP contribution in [0.25, 0.3) is 0 Å². The maximum atomic E-state index is 11.6. The minimum absolute atomic E-state index is 0.418. The van der Waals surface area contributed by atoms with Crippen molar-refractivity contribution in [3.05, 3.63) is 0 Å². The van der Waals surface area contributed by atoms with E-state index in [1.165, 1.54) is 0 Å². The molecule has 0 atom stereocenters. The van der Waals surface area contributed by atoms with Crippen LogP contribution in [0.3, 0.4) is 0 Å². The molecule has 0 rings (SSSR count). The molecule has 0 N–H and O–H groups in total. The molecular formula is C3H4Br3F. The van der Waals surface area contributed by atoms with Gasteiger partial charge in [0, 0.05) is 5.33 Å². The minimum Gasteiger partial charge on any atom is -0.249 e. The maximum Gasteiger partial charge on any atom is 0.118 e. The first-order valence-corrected chi connectivity index (χ1v) is 4.33.